The van der Waals surface area contributed by atoms with Gasteiger partial charge in [0.1, 0.15) is 11.2 Å². The number of halogens is 1. The molecule has 9 nitrogen and oxygen atoms in total. The van der Waals surface area contributed by atoms with Crippen molar-refractivity contribution in [1.29, 1.82) is 0 Å². The average Bonchev–Trinajstić information content (AvgIpc) is 3.53. The minimum atomic E-state index is -1.35. The first-order valence-corrected chi connectivity index (χ1v) is 12.8. The molecule has 2 aliphatic heterocycles. The van der Waals surface area contributed by atoms with Gasteiger partial charge in [0.15, 0.2) is 11.5 Å². The Balaban J connectivity index is 1.48. The van der Waals surface area contributed by atoms with Crippen molar-refractivity contribution in [3.05, 3.63) is 54.0 Å². The van der Waals surface area contributed by atoms with Crippen molar-refractivity contribution in [2.45, 2.75) is 38.5 Å². The number of fused-ring (bicyclic) bond motifs is 1. The molecule has 1 aromatic carbocycles. The van der Waals surface area contributed by atoms with Gasteiger partial charge in [0.05, 0.1) is 43.2 Å². The van der Waals surface area contributed by atoms with Crippen LogP contribution in [0.15, 0.2) is 42.7 Å². The Kier molecular flexibility index (Phi) is 6.39. The van der Waals surface area contributed by atoms with Crippen LogP contribution in [0, 0.1) is 6.92 Å². The molecule has 0 atom stereocenters. The number of morpholine rings is 1. The fraction of sp³-hybridized carbons (Fsp3) is 0.444. The second-order valence-corrected chi connectivity index (χ2v) is 9.91. The van der Waals surface area contributed by atoms with E-state index in [-0.39, 0.29) is 6.54 Å². The van der Waals surface area contributed by atoms with Crippen LogP contribution in [0.25, 0.3) is 28.2 Å². The zero-order valence-electron chi connectivity index (χ0n) is 21.1. The second kappa shape index (κ2) is 9.85. The van der Waals surface area contributed by atoms with Gasteiger partial charge in [-0.2, -0.15) is 5.10 Å². The molecule has 0 saturated carbocycles. The molecule has 2 saturated heterocycles. The van der Waals surface area contributed by atoms with Crippen molar-refractivity contribution in [2.24, 2.45) is 5.73 Å². The van der Waals surface area contributed by atoms with Crippen LogP contribution in [0.1, 0.15) is 24.1 Å². The molecule has 6 rings (SSSR count). The quantitative estimate of drug-likeness (QED) is 0.429. The lowest BCUT2D eigenvalue weighted by molar-refractivity contribution is -0.0172. The van der Waals surface area contributed by atoms with E-state index in [9.17, 15) is 0 Å². The molecule has 5 heterocycles. The molecular weight excluding hydrogens is 473 g/mol. The zero-order chi connectivity index (χ0) is 25.4. The maximum Gasteiger partial charge on any atom is 0.164 e. The molecule has 0 bridgehead atoms. The Morgan fingerprint density at radius 1 is 1.05 bits per heavy atom. The van der Waals surface area contributed by atoms with Gasteiger partial charge >= 0.3 is 0 Å². The van der Waals surface area contributed by atoms with Gasteiger partial charge in [0, 0.05) is 57.3 Å². The molecule has 10 heteroatoms. The first kappa shape index (κ1) is 24.0. The van der Waals surface area contributed by atoms with E-state index in [4.69, 9.17) is 30.3 Å². The summed E-state index contributed by atoms with van der Waals surface area (Å²) in [5.74, 6) is 0.634. The maximum absolute atomic E-state index is 15.7. The van der Waals surface area contributed by atoms with E-state index in [0.29, 0.717) is 57.3 Å². The van der Waals surface area contributed by atoms with Gasteiger partial charge in [-0.3, -0.25) is 0 Å². The SMILES string of the molecule is Cc1cccc(-c2cc(CN)n(-c3cc(N4CCOCC4)c4ncn(CC5(F)CCOCC5)c4n3)n2)c1. The highest BCUT2D eigenvalue weighted by Gasteiger charge is 2.34. The molecule has 194 valence electrons. The number of aromatic nitrogens is 5. The fourth-order valence-corrected chi connectivity index (χ4v) is 5.18. The number of hydrogen-bond donors (Lipinski definition) is 1. The first-order valence-electron chi connectivity index (χ1n) is 12.8. The highest BCUT2D eigenvalue weighted by atomic mass is 19.1. The van der Waals surface area contributed by atoms with Crippen molar-refractivity contribution < 1.29 is 13.9 Å². The molecule has 37 heavy (non-hydrogen) atoms. The lowest BCUT2D eigenvalue weighted by atomic mass is 9.96. The van der Waals surface area contributed by atoms with Crippen LogP contribution in [0.5, 0.6) is 0 Å². The summed E-state index contributed by atoms with van der Waals surface area (Å²) in [5, 5.41) is 4.91. The molecule has 4 aromatic rings. The first-order chi connectivity index (χ1) is 18.0. The predicted molar refractivity (Wildman–Crippen MR) is 140 cm³/mol. The Bertz CT molecular complexity index is 1400. The molecule has 2 N–H and O–H groups in total. The summed E-state index contributed by atoms with van der Waals surface area (Å²) in [6.07, 6.45) is 2.42. The molecule has 0 amide bonds. The fourth-order valence-electron chi connectivity index (χ4n) is 5.18. The second-order valence-electron chi connectivity index (χ2n) is 9.91. The van der Waals surface area contributed by atoms with Crippen molar-refractivity contribution in [3.8, 4) is 17.1 Å². The third-order valence-electron chi connectivity index (χ3n) is 7.26. The number of anilines is 1. The van der Waals surface area contributed by atoms with Gasteiger partial charge in [0.2, 0.25) is 0 Å². The minimum absolute atomic E-state index is 0.184. The van der Waals surface area contributed by atoms with Gasteiger partial charge < -0.3 is 24.7 Å². The number of imidazole rings is 1. The van der Waals surface area contributed by atoms with E-state index in [0.717, 1.165) is 46.8 Å². The van der Waals surface area contributed by atoms with Crippen molar-refractivity contribution in [3.63, 3.8) is 0 Å². The van der Waals surface area contributed by atoms with Gasteiger partial charge in [-0.15, -0.1) is 0 Å². The maximum atomic E-state index is 15.7. The van der Waals surface area contributed by atoms with E-state index in [2.05, 4.69) is 24.0 Å². The number of pyridine rings is 1. The van der Waals surface area contributed by atoms with E-state index in [1.54, 1.807) is 11.0 Å². The van der Waals surface area contributed by atoms with E-state index in [1.165, 1.54) is 0 Å². The summed E-state index contributed by atoms with van der Waals surface area (Å²) >= 11 is 0. The summed E-state index contributed by atoms with van der Waals surface area (Å²) in [7, 11) is 0. The van der Waals surface area contributed by atoms with Crippen LogP contribution in [0.2, 0.25) is 0 Å². The van der Waals surface area contributed by atoms with Gasteiger partial charge in [0.25, 0.3) is 0 Å². The van der Waals surface area contributed by atoms with Crippen LogP contribution >= 0.6 is 0 Å². The highest BCUT2D eigenvalue weighted by Crippen LogP contribution is 2.33. The van der Waals surface area contributed by atoms with Crippen molar-refractivity contribution in [2.75, 3.05) is 44.4 Å². The Hall–Kier alpha value is -3.34. The number of aryl methyl sites for hydroxylation is 1. The standard InChI is InChI=1S/C27H32FN7O2/c1-19-3-2-4-20(13-19)22-14-21(16-29)35(32-22)24-15-23(33-7-11-37-12-8-33)25-26(31-24)34(18-30-25)17-27(28)5-9-36-10-6-27/h2-4,13-15,18H,5-12,16-17,29H2,1H3. The molecule has 2 aliphatic rings. The summed E-state index contributed by atoms with van der Waals surface area (Å²) in [4.78, 5) is 11.9. The topological polar surface area (TPSA) is 96.2 Å². The summed E-state index contributed by atoms with van der Waals surface area (Å²) in [6, 6.07) is 12.2. The summed E-state index contributed by atoms with van der Waals surface area (Å²) in [5.41, 5.74) is 11.0. The van der Waals surface area contributed by atoms with Crippen LogP contribution < -0.4 is 10.6 Å². The molecule has 2 fully saturated rings. The molecule has 0 aliphatic carbocycles. The van der Waals surface area contributed by atoms with Crippen molar-refractivity contribution in [1.82, 2.24) is 24.3 Å². The highest BCUT2D eigenvalue weighted by molar-refractivity contribution is 5.87. The number of ether oxygens (including phenoxy) is 2. The van der Waals surface area contributed by atoms with E-state index < -0.39 is 5.67 Å². The lowest BCUT2D eigenvalue weighted by Gasteiger charge is -2.30. The van der Waals surface area contributed by atoms with Crippen LogP contribution in [-0.4, -0.2) is 69.5 Å². The number of nitrogens with zero attached hydrogens (tertiary/aromatic N) is 6. The van der Waals surface area contributed by atoms with E-state index >= 15 is 4.39 Å². The summed E-state index contributed by atoms with van der Waals surface area (Å²) in [6.45, 7) is 6.17. The van der Waals surface area contributed by atoms with Crippen LogP contribution in [0.4, 0.5) is 10.1 Å². The van der Waals surface area contributed by atoms with Gasteiger partial charge in [-0.25, -0.2) is 19.0 Å². The Morgan fingerprint density at radius 2 is 1.84 bits per heavy atom. The average molecular weight is 506 g/mol. The lowest BCUT2D eigenvalue weighted by Crippen LogP contribution is -2.36. The minimum Gasteiger partial charge on any atom is -0.381 e. The van der Waals surface area contributed by atoms with E-state index in [1.807, 2.05) is 28.8 Å². The van der Waals surface area contributed by atoms with Crippen molar-refractivity contribution >= 4 is 16.9 Å². The summed E-state index contributed by atoms with van der Waals surface area (Å²) < 4.78 is 30.3. The molecular formula is C27H32FN7O2. The predicted octanol–water partition coefficient (Wildman–Crippen LogP) is 3.41. The third-order valence-corrected chi connectivity index (χ3v) is 7.26. The normalized spacial score (nSPS) is 18.0. The number of nitrogens with two attached hydrogens (primary N) is 1. The monoisotopic (exact) mass is 505 g/mol. The Morgan fingerprint density at radius 3 is 2.59 bits per heavy atom. The Labute approximate surface area is 215 Å². The number of hydrogen-bond acceptors (Lipinski definition) is 7. The smallest absolute Gasteiger partial charge is 0.164 e. The van der Waals surface area contributed by atoms with Gasteiger partial charge in [-0.1, -0.05) is 23.8 Å². The molecule has 0 spiro atoms. The number of alkyl halides is 1. The van der Waals surface area contributed by atoms with Crippen LogP contribution in [-0.2, 0) is 22.6 Å². The van der Waals surface area contributed by atoms with Gasteiger partial charge in [-0.05, 0) is 19.1 Å². The third kappa shape index (κ3) is 4.72. The zero-order valence-corrected chi connectivity index (χ0v) is 21.1. The van der Waals surface area contributed by atoms with Crippen LogP contribution in [0.3, 0.4) is 0 Å². The molecule has 0 radical (unpaired) electrons. The largest absolute Gasteiger partial charge is 0.381 e. The number of benzene rings is 1. The molecule has 3 aromatic heterocycles. The molecule has 0 unspecified atom stereocenters. The number of rotatable bonds is 6.